The summed E-state index contributed by atoms with van der Waals surface area (Å²) >= 11 is 5.67. The molecule has 3 aromatic rings. The van der Waals surface area contributed by atoms with Crippen LogP contribution in [0.1, 0.15) is 18.1 Å². The lowest BCUT2D eigenvalue weighted by atomic mass is 9.97. The Kier molecular flexibility index (Phi) is 3.98. The number of anilines is 1. The zero-order valence-corrected chi connectivity index (χ0v) is 12.8. The molecule has 0 saturated heterocycles. The Labute approximate surface area is 130 Å². The van der Waals surface area contributed by atoms with Crippen molar-refractivity contribution >= 4 is 33.7 Å². The number of para-hydroxylation sites is 1. The number of aryl methyl sites for hydroxylation is 1. The molecule has 0 aromatic heterocycles. The summed E-state index contributed by atoms with van der Waals surface area (Å²) in [6, 6.07) is 22.8. The minimum Gasteiger partial charge on any atom is -0.346 e. The van der Waals surface area contributed by atoms with Gasteiger partial charge in [-0.05, 0) is 34.9 Å². The van der Waals surface area contributed by atoms with E-state index >= 15 is 0 Å². The molecule has 3 rings (SSSR count). The Morgan fingerprint density at radius 1 is 0.905 bits per heavy atom. The maximum Gasteiger partial charge on any atom is 0.111 e. The van der Waals surface area contributed by atoms with E-state index in [1.165, 1.54) is 16.3 Å². The van der Waals surface area contributed by atoms with E-state index in [1.54, 1.807) is 0 Å². The lowest BCUT2D eigenvalue weighted by Crippen LogP contribution is -2.13. The van der Waals surface area contributed by atoms with E-state index in [-0.39, 0.29) is 0 Å². The third-order valence-corrected chi connectivity index (χ3v) is 3.96. The van der Waals surface area contributed by atoms with Crippen LogP contribution in [0.2, 0.25) is 0 Å². The van der Waals surface area contributed by atoms with Crippen LogP contribution in [0.25, 0.3) is 10.8 Å². The normalized spacial score (nSPS) is 10.5. The molecule has 104 valence electrons. The molecule has 2 heteroatoms. The number of hydrogen-bond acceptors (Lipinski definition) is 1. The highest BCUT2D eigenvalue weighted by Crippen LogP contribution is 2.24. The molecule has 0 aliphatic carbocycles. The second-order valence-electron chi connectivity index (χ2n) is 4.99. The predicted octanol–water partition coefficient (Wildman–Crippen LogP) is 5.19. The van der Waals surface area contributed by atoms with Crippen LogP contribution < -0.4 is 5.32 Å². The van der Waals surface area contributed by atoms with Crippen LogP contribution in [-0.2, 0) is 6.42 Å². The van der Waals surface area contributed by atoms with Crippen molar-refractivity contribution in [2.24, 2.45) is 0 Å². The Bertz CT molecular complexity index is 778. The molecule has 0 aliphatic heterocycles. The molecule has 0 amide bonds. The van der Waals surface area contributed by atoms with Gasteiger partial charge in [0, 0.05) is 11.3 Å². The van der Waals surface area contributed by atoms with Gasteiger partial charge in [-0.25, -0.2) is 0 Å². The minimum absolute atomic E-state index is 0.787. The summed E-state index contributed by atoms with van der Waals surface area (Å²) in [5.74, 6) is 0. The maximum absolute atomic E-state index is 5.67. The second kappa shape index (κ2) is 6.06. The number of rotatable bonds is 3. The maximum atomic E-state index is 5.67. The van der Waals surface area contributed by atoms with Crippen LogP contribution in [0.3, 0.4) is 0 Å². The van der Waals surface area contributed by atoms with Crippen molar-refractivity contribution < 1.29 is 0 Å². The van der Waals surface area contributed by atoms with E-state index in [4.69, 9.17) is 12.2 Å². The Balaban J connectivity index is 2.07. The number of benzene rings is 3. The molecule has 0 atom stereocenters. The van der Waals surface area contributed by atoms with Crippen molar-refractivity contribution in [3.05, 3.63) is 77.9 Å². The fraction of sp³-hybridized carbons (Fsp3) is 0.105. The lowest BCUT2D eigenvalue weighted by molar-refractivity contribution is 1.14. The Morgan fingerprint density at radius 2 is 1.62 bits per heavy atom. The molecule has 1 N–H and O–H groups in total. The van der Waals surface area contributed by atoms with Gasteiger partial charge in [0.25, 0.3) is 0 Å². The minimum atomic E-state index is 0.787. The van der Waals surface area contributed by atoms with Gasteiger partial charge in [-0.1, -0.05) is 73.7 Å². The van der Waals surface area contributed by atoms with Gasteiger partial charge in [-0.15, -0.1) is 0 Å². The highest BCUT2D eigenvalue weighted by molar-refractivity contribution is 7.81. The number of nitrogens with one attached hydrogen (secondary N) is 1. The monoisotopic (exact) mass is 291 g/mol. The van der Waals surface area contributed by atoms with Crippen molar-refractivity contribution in [1.29, 1.82) is 0 Å². The van der Waals surface area contributed by atoms with Gasteiger partial charge in [0.2, 0.25) is 0 Å². The van der Waals surface area contributed by atoms with Crippen molar-refractivity contribution in [3.63, 3.8) is 0 Å². The van der Waals surface area contributed by atoms with Crippen molar-refractivity contribution in [3.8, 4) is 0 Å². The first kappa shape index (κ1) is 13.8. The molecular formula is C19H17NS. The Hall–Kier alpha value is -2.19. The predicted molar refractivity (Wildman–Crippen MR) is 95.1 cm³/mol. The molecule has 0 bridgehead atoms. The number of fused-ring (bicyclic) bond motifs is 1. The highest BCUT2D eigenvalue weighted by Gasteiger charge is 2.11. The molecule has 3 aromatic carbocycles. The van der Waals surface area contributed by atoms with E-state index in [9.17, 15) is 0 Å². The summed E-state index contributed by atoms with van der Waals surface area (Å²) in [5.41, 5.74) is 3.45. The largest absolute Gasteiger partial charge is 0.346 e. The molecule has 0 radical (unpaired) electrons. The van der Waals surface area contributed by atoms with Crippen LogP contribution in [-0.4, -0.2) is 4.99 Å². The Morgan fingerprint density at radius 3 is 2.38 bits per heavy atom. The van der Waals surface area contributed by atoms with Gasteiger partial charge in [-0.3, -0.25) is 0 Å². The third kappa shape index (κ3) is 2.81. The molecular weight excluding hydrogens is 274 g/mol. The summed E-state index contributed by atoms with van der Waals surface area (Å²) in [4.78, 5) is 0.787. The molecule has 0 saturated carbocycles. The smallest absolute Gasteiger partial charge is 0.111 e. The molecule has 0 spiro atoms. The molecule has 0 heterocycles. The lowest BCUT2D eigenvalue weighted by Gasteiger charge is -2.15. The summed E-state index contributed by atoms with van der Waals surface area (Å²) in [6.07, 6.45) is 0.969. The average Bonchev–Trinajstić information content (AvgIpc) is 2.54. The van der Waals surface area contributed by atoms with E-state index in [0.29, 0.717) is 0 Å². The fourth-order valence-corrected chi connectivity index (χ4v) is 2.95. The van der Waals surface area contributed by atoms with Crippen LogP contribution in [0.5, 0.6) is 0 Å². The summed E-state index contributed by atoms with van der Waals surface area (Å²) < 4.78 is 0. The quantitative estimate of drug-likeness (QED) is 0.666. The highest BCUT2D eigenvalue weighted by atomic mass is 32.1. The zero-order valence-electron chi connectivity index (χ0n) is 12.0. The van der Waals surface area contributed by atoms with E-state index in [1.807, 2.05) is 30.3 Å². The first-order chi connectivity index (χ1) is 10.3. The SMILES string of the molecule is CCc1ccc2ccccc2c1C(=S)Nc1ccccc1. The molecule has 1 nitrogen and oxygen atoms in total. The molecule has 0 unspecified atom stereocenters. The summed E-state index contributed by atoms with van der Waals surface area (Å²) in [7, 11) is 0. The zero-order chi connectivity index (χ0) is 14.7. The van der Waals surface area contributed by atoms with Gasteiger partial charge in [0.05, 0.1) is 0 Å². The van der Waals surface area contributed by atoms with Gasteiger partial charge in [-0.2, -0.15) is 0 Å². The third-order valence-electron chi connectivity index (χ3n) is 3.65. The first-order valence-electron chi connectivity index (χ1n) is 7.16. The van der Waals surface area contributed by atoms with E-state index < -0.39 is 0 Å². The van der Waals surface area contributed by atoms with Crippen molar-refractivity contribution in [2.45, 2.75) is 13.3 Å². The van der Waals surface area contributed by atoms with Gasteiger partial charge < -0.3 is 5.32 Å². The van der Waals surface area contributed by atoms with Crippen LogP contribution in [0, 0.1) is 0 Å². The average molecular weight is 291 g/mol. The van der Waals surface area contributed by atoms with Crippen LogP contribution in [0.4, 0.5) is 5.69 Å². The van der Waals surface area contributed by atoms with E-state index in [2.05, 4.69) is 48.6 Å². The number of hydrogen-bond donors (Lipinski definition) is 1. The van der Waals surface area contributed by atoms with Crippen molar-refractivity contribution in [2.75, 3.05) is 5.32 Å². The van der Waals surface area contributed by atoms with Gasteiger partial charge in [0.1, 0.15) is 4.99 Å². The topological polar surface area (TPSA) is 12.0 Å². The summed E-state index contributed by atoms with van der Waals surface area (Å²) in [5, 5.41) is 5.79. The number of thiocarbonyl (C=S) groups is 1. The van der Waals surface area contributed by atoms with Crippen LogP contribution in [0.15, 0.2) is 66.7 Å². The second-order valence-corrected chi connectivity index (χ2v) is 5.40. The molecule has 0 aliphatic rings. The summed E-state index contributed by atoms with van der Waals surface area (Å²) in [6.45, 7) is 2.17. The van der Waals surface area contributed by atoms with E-state index in [0.717, 1.165) is 22.7 Å². The molecule has 21 heavy (non-hydrogen) atoms. The first-order valence-corrected chi connectivity index (χ1v) is 7.57. The molecule has 0 fully saturated rings. The standard InChI is InChI=1S/C19H17NS/c1-2-14-12-13-15-8-6-7-11-17(15)18(14)19(21)20-16-9-4-3-5-10-16/h3-13H,2H2,1H3,(H,20,21). The fourth-order valence-electron chi connectivity index (χ4n) is 2.59. The van der Waals surface area contributed by atoms with Gasteiger partial charge in [0.15, 0.2) is 0 Å². The van der Waals surface area contributed by atoms with Crippen molar-refractivity contribution in [1.82, 2.24) is 0 Å². The van der Waals surface area contributed by atoms with Gasteiger partial charge >= 0.3 is 0 Å². The van der Waals surface area contributed by atoms with Crippen LogP contribution >= 0.6 is 12.2 Å².